The van der Waals surface area contributed by atoms with Gasteiger partial charge in [0.1, 0.15) is 12.4 Å². The van der Waals surface area contributed by atoms with Crippen molar-refractivity contribution in [3.63, 3.8) is 0 Å². The number of ether oxygens (including phenoxy) is 1. The highest BCUT2D eigenvalue weighted by Crippen LogP contribution is 2.29. The van der Waals surface area contributed by atoms with Crippen LogP contribution in [0, 0.1) is 0 Å². The summed E-state index contributed by atoms with van der Waals surface area (Å²) in [6, 6.07) is 29.6. The number of hydrogen-bond acceptors (Lipinski definition) is 3. The van der Waals surface area contributed by atoms with Gasteiger partial charge in [0.2, 0.25) is 0 Å². The third kappa shape index (κ3) is 4.93. The second-order valence-corrected chi connectivity index (χ2v) is 7.30. The maximum absolute atomic E-state index is 5.97. The van der Waals surface area contributed by atoms with Crippen molar-refractivity contribution in [1.29, 1.82) is 0 Å². The number of hydrogen-bond donors (Lipinski definition) is 0. The van der Waals surface area contributed by atoms with E-state index in [-0.39, 0.29) is 0 Å². The minimum absolute atomic E-state index is 0.756. The van der Waals surface area contributed by atoms with E-state index in [2.05, 4.69) is 94.7 Å². The van der Waals surface area contributed by atoms with Crippen molar-refractivity contribution in [1.82, 2.24) is 4.90 Å². The maximum Gasteiger partial charge on any atom is 0.119 e. The van der Waals surface area contributed by atoms with Crippen molar-refractivity contribution in [3.8, 4) is 5.75 Å². The number of likely N-dealkylation sites (tertiary alicyclic amines) is 1. The molecule has 0 atom stereocenters. The fourth-order valence-electron chi connectivity index (χ4n) is 3.73. The zero-order valence-electron chi connectivity index (χ0n) is 16.3. The summed E-state index contributed by atoms with van der Waals surface area (Å²) in [5, 5.41) is 0. The fraction of sp³-hybridized carbons (Fsp3) is 0.280. The average molecular weight is 373 g/mol. The Kier molecular flexibility index (Phi) is 6.25. The smallest absolute Gasteiger partial charge is 0.119 e. The molecule has 0 aromatic heterocycles. The summed E-state index contributed by atoms with van der Waals surface area (Å²) in [5.74, 6) is 0.940. The van der Waals surface area contributed by atoms with Crippen LogP contribution in [-0.4, -0.2) is 31.1 Å². The van der Waals surface area contributed by atoms with Gasteiger partial charge in [0.15, 0.2) is 0 Å². The van der Waals surface area contributed by atoms with Crippen molar-refractivity contribution in [3.05, 3.63) is 90.5 Å². The number of para-hydroxylation sites is 1. The van der Waals surface area contributed by atoms with E-state index in [4.69, 9.17) is 4.74 Å². The molecule has 0 radical (unpaired) electrons. The van der Waals surface area contributed by atoms with Crippen LogP contribution in [0.5, 0.6) is 5.75 Å². The molecule has 0 spiro atoms. The topological polar surface area (TPSA) is 15.7 Å². The SMILES string of the molecule is c1ccc(CN(c2ccccc2)c2ccc(OCCN3CCCC3)cc2)cc1. The molecule has 144 valence electrons. The molecule has 28 heavy (non-hydrogen) atoms. The molecular weight excluding hydrogens is 344 g/mol. The Morgan fingerprint density at radius 1 is 0.714 bits per heavy atom. The van der Waals surface area contributed by atoms with Crippen LogP contribution in [0.4, 0.5) is 11.4 Å². The van der Waals surface area contributed by atoms with E-state index in [9.17, 15) is 0 Å². The van der Waals surface area contributed by atoms with Crippen molar-refractivity contribution < 1.29 is 4.74 Å². The van der Waals surface area contributed by atoms with E-state index in [0.29, 0.717) is 0 Å². The number of benzene rings is 3. The largest absolute Gasteiger partial charge is 0.492 e. The van der Waals surface area contributed by atoms with Crippen molar-refractivity contribution in [2.75, 3.05) is 31.1 Å². The Morgan fingerprint density at radius 2 is 1.32 bits per heavy atom. The minimum atomic E-state index is 0.756. The standard InChI is InChI=1S/C25H28N2O/c1-3-9-22(10-4-1)21-27(23-11-5-2-6-12-23)24-13-15-25(16-14-24)28-20-19-26-17-7-8-18-26/h1-6,9-16H,7-8,17-21H2. The van der Waals surface area contributed by atoms with Crippen LogP contribution in [0.2, 0.25) is 0 Å². The average Bonchev–Trinajstić information content (AvgIpc) is 3.28. The van der Waals surface area contributed by atoms with Gasteiger partial charge >= 0.3 is 0 Å². The van der Waals surface area contributed by atoms with Gasteiger partial charge in [-0.15, -0.1) is 0 Å². The van der Waals surface area contributed by atoms with Gasteiger partial charge in [0.05, 0.1) is 0 Å². The van der Waals surface area contributed by atoms with Gasteiger partial charge in [-0.05, 0) is 67.9 Å². The van der Waals surface area contributed by atoms with Crippen LogP contribution in [0.1, 0.15) is 18.4 Å². The summed E-state index contributed by atoms with van der Waals surface area (Å²) in [7, 11) is 0. The third-order valence-electron chi connectivity index (χ3n) is 5.27. The summed E-state index contributed by atoms with van der Waals surface area (Å²) < 4.78 is 5.97. The van der Waals surface area contributed by atoms with Gasteiger partial charge in [0, 0.05) is 24.5 Å². The summed E-state index contributed by atoms with van der Waals surface area (Å²) >= 11 is 0. The first-order valence-corrected chi connectivity index (χ1v) is 10.2. The molecule has 1 heterocycles. The van der Waals surface area contributed by atoms with Gasteiger partial charge < -0.3 is 9.64 Å². The Morgan fingerprint density at radius 3 is 2.00 bits per heavy atom. The third-order valence-corrected chi connectivity index (χ3v) is 5.27. The molecule has 1 fully saturated rings. The lowest BCUT2D eigenvalue weighted by atomic mass is 10.1. The lowest BCUT2D eigenvalue weighted by Crippen LogP contribution is -2.25. The predicted molar refractivity (Wildman–Crippen MR) is 116 cm³/mol. The molecule has 1 saturated heterocycles. The molecule has 0 saturated carbocycles. The van der Waals surface area contributed by atoms with E-state index in [1.807, 2.05) is 0 Å². The summed E-state index contributed by atoms with van der Waals surface area (Å²) in [6.07, 6.45) is 2.65. The van der Waals surface area contributed by atoms with Crippen molar-refractivity contribution in [2.45, 2.75) is 19.4 Å². The molecule has 0 bridgehead atoms. The Balaban J connectivity index is 1.45. The van der Waals surface area contributed by atoms with Crippen LogP contribution in [0.25, 0.3) is 0 Å². The van der Waals surface area contributed by atoms with Gasteiger partial charge in [-0.1, -0.05) is 48.5 Å². The lowest BCUT2D eigenvalue weighted by molar-refractivity contribution is 0.238. The van der Waals surface area contributed by atoms with Crippen LogP contribution >= 0.6 is 0 Å². The van der Waals surface area contributed by atoms with Crippen molar-refractivity contribution in [2.24, 2.45) is 0 Å². The Bertz CT molecular complexity index is 827. The Labute approximate surface area is 168 Å². The highest BCUT2D eigenvalue weighted by molar-refractivity contribution is 5.64. The highest BCUT2D eigenvalue weighted by Gasteiger charge is 2.12. The molecule has 1 aliphatic heterocycles. The first-order valence-electron chi connectivity index (χ1n) is 10.2. The number of rotatable bonds is 8. The van der Waals surface area contributed by atoms with Crippen LogP contribution < -0.4 is 9.64 Å². The fourth-order valence-corrected chi connectivity index (χ4v) is 3.73. The maximum atomic E-state index is 5.97. The molecule has 0 unspecified atom stereocenters. The summed E-state index contributed by atoms with van der Waals surface area (Å²) in [5.41, 5.74) is 3.65. The summed E-state index contributed by atoms with van der Waals surface area (Å²) in [6.45, 7) is 5.04. The number of nitrogens with zero attached hydrogens (tertiary/aromatic N) is 2. The molecule has 0 aliphatic carbocycles. The van der Waals surface area contributed by atoms with Crippen LogP contribution in [0.3, 0.4) is 0 Å². The monoisotopic (exact) mass is 372 g/mol. The van der Waals surface area contributed by atoms with E-state index in [0.717, 1.165) is 25.4 Å². The molecule has 4 rings (SSSR count). The van der Waals surface area contributed by atoms with E-state index < -0.39 is 0 Å². The van der Waals surface area contributed by atoms with Gasteiger partial charge in [0.25, 0.3) is 0 Å². The van der Waals surface area contributed by atoms with Gasteiger partial charge in [-0.3, -0.25) is 4.90 Å². The molecule has 3 aromatic carbocycles. The predicted octanol–water partition coefficient (Wildman–Crippen LogP) is 5.50. The van der Waals surface area contributed by atoms with Crippen LogP contribution in [-0.2, 0) is 6.54 Å². The summed E-state index contributed by atoms with van der Waals surface area (Å²) in [4.78, 5) is 4.81. The molecule has 3 heteroatoms. The van der Waals surface area contributed by atoms with E-state index in [1.54, 1.807) is 0 Å². The number of anilines is 2. The molecule has 0 amide bonds. The van der Waals surface area contributed by atoms with E-state index in [1.165, 1.54) is 42.9 Å². The minimum Gasteiger partial charge on any atom is -0.492 e. The normalized spacial score (nSPS) is 14.1. The molecular formula is C25H28N2O. The van der Waals surface area contributed by atoms with Crippen LogP contribution in [0.15, 0.2) is 84.9 Å². The zero-order chi connectivity index (χ0) is 19.0. The van der Waals surface area contributed by atoms with Crippen molar-refractivity contribution >= 4 is 11.4 Å². The molecule has 0 N–H and O–H groups in total. The lowest BCUT2D eigenvalue weighted by Gasteiger charge is -2.25. The molecule has 3 nitrogen and oxygen atoms in total. The molecule has 1 aliphatic rings. The second kappa shape index (κ2) is 9.43. The van der Waals surface area contributed by atoms with Gasteiger partial charge in [-0.2, -0.15) is 0 Å². The highest BCUT2D eigenvalue weighted by atomic mass is 16.5. The Hall–Kier alpha value is -2.78. The van der Waals surface area contributed by atoms with E-state index >= 15 is 0 Å². The zero-order valence-corrected chi connectivity index (χ0v) is 16.3. The van der Waals surface area contributed by atoms with Gasteiger partial charge in [-0.25, -0.2) is 0 Å². The second-order valence-electron chi connectivity index (χ2n) is 7.30. The first kappa shape index (κ1) is 18.6. The quantitative estimate of drug-likeness (QED) is 0.519. The first-order chi connectivity index (χ1) is 13.9. The molecule has 3 aromatic rings.